The molecule has 0 bridgehead atoms. The van der Waals surface area contributed by atoms with Crippen LogP contribution in [0.15, 0.2) is 24.5 Å². The van der Waals surface area contributed by atoms with E-state index in [0.29, 0.717) is 44.1 Å². The number of nitrogens with one attached hydrogen (secondary N) is 1. The van der Waals surface area contributed by atoms with Crippen LogP contribution in [-0.2, 0) is 9.47 Å². The van der Waals surface area contributed by atoms with Crippen LogP contribution in [0.1, 0.15) is 12.6 Å². The van der Waals surface area contributed by atoms with Crippen LogP contribution in [0.2, 0.25) is 0 Å². The summed E-state index contributed by atoms with van der Waals surface area (Å²) in [7, 11) is 0. The molecule has 2 aromatic rings. The van der Waals surface area contributed by atoms with Crippen molar-refractivity contribution in [3.8, 4) is 6.07 Å². The summed E-state index contributed by atoms with van der Waals surface area (Å²) < 4.78 is 11.1. The maximum absolute atomic E-state index is 10.1. The maximum Gasteiger partial charge on any atom is 0.166 e. The van der Waals surface area contributed by atoms with Gasteiger partial charge in [0.25, 0.3) is 0 Å². The molecule has 2 aliphatic heterocycles. The summed E-state index contributed by atoms with van der Waals surface area (Å²) in [5.41, 5.74) is 1.17. The van der Waals surface area contributed by atoms with Crippen LogP contribution in [0, 0.1) is 11.3 Å². The second-order valence-corrected chi connectivity index (χ2v) is 7.33. The molecular formula is C19H23N5O3. The zero-order valence-corrected chi connectivity index (χ0v) is 15.3. The number of nitrogens with zero attached hydrogens (tertiary/aromatic N) is 4. The summed E-state index contributed by atoms with van der Waals surface area (Å²) >= 11 is 0. The summed E-state index contributed by atoms with van der Waals surface area (Å²) in [6, 6.07) is 5.95. The third-order valence-corrected chi connectivity index (χ3v) is 4.96. The highest BCUT2D eigenvalue weighted by Crippen LogP contribution is 2.28. The summed E-state index contributed by atoms with van der Waals surface area (Å²) in [4.78, 5) is 10.9. The Morgan fingerprint density at radius 3 is 3.00 bits per heavy atom. The molecule has 4 heterocycles. The smallest absolute Gasteiger partial charge is 0.166 e. The zero-order chi connectivity index (χ0) is 18.9. The summed E-state index contributed by atoms with van der Waals surface area (Å²) in [5.74, 6) is 0. The van der Waals surface area contributed by atoms with Crippen molar-refractivity contribution in [2.24, 2.45) is 0 Å². The van der Waals surface area contributed by atoms with Crippen LogP contribution in [0.25, 0.3) is 10.9 Å². The average Bonchev–Trinajstić information content (AvgIpc) is 2.65. The van der Waals surface area contributed by atoms with Gasteiger partial charge in [0.1, 0.15) is 17.2 Å². The van der Waals surface area contributed by atoms with Crippen LogP contribution >= 0.6 is 0 Å². The standard InChI is InChI=1S/C19H23N5O3/c1-13-8-24(9-14(27-13)6-21-10-19(25)11-26-12-19)17-7-23-16(5-20)18-15(17)3-2-4-22-18/h2-4,7,13-14,21,25H,6,8-12H2,1H3/t13-,14+/m1/s1. The second kappa shape index (κ2) is 7.37. The van der Waals surface area contributed by atoms with Crippen LogP contribution in [0.4, 0.5) is 5.69 Å². The SMILES string of the molecule is C[C@@H]1CN(c2cnc(C#N)c3ncccc23)C[C@H](CNCC2(O)COC2)O1. The Kier molecular flexibility index (Phi) is 4.93. The number of aliphatic hydroxyl groups is 1. The minimum Gasteiger partial charge on any atom is -0.384 e. The van der Waals surface area contributed by atoms with Gasteiger partial charge in [0.2, 0.25) is 0 Å². The van der Waals surface area contributed by atoms with Gasteiger partial charge in [-0.2, -0.15) is 5.26 Å². The minimum absolute atomic E-state index is 0.0132. The Hall–Kier alpha value is -2.31. The van der Waals surface area contributed by atoms with Crippen LogP contribution < -0.4 is 10.2 Å². The van der Waals surface area contributed by atoms with E-state index >= 15 is 0 Å². The molecule has 2 aromatic heterocycles. The number of rotatable bonds is 5. The maximum atomic E-state index is 10.1. The van der Waals surface area contributed by atoms with Crippen molar-refractivity contribution in [2.45, 2.75) is 24.7 Å². The monoisotopic (exact) mass is 369 g/mol. The van der Waals surface area contributed by atoms with E-state index in [0.717, 1.165) is 17.6 Å². The Morgan fingerprint density at radius 1 is 1.41 bits per heavy atom. The van der Waals surface area contributed by atoms with E-state index in [9.17, 15) is 10.4 Å². The summed E-state index contributed by atoms with van der Waals surface area (Å²) in [6.07, 6.45) is 3.47. The van der Waals surface area contributed by atoms with Crippen LogP contribution in [0.5, 0.6) is 0 Å². The number of morpholine rings is 1. The van der Waals surface area contributed by atoms with Gasteiger partial charge in [0.05, 0.1) is 37.3 Å². The van der Waals surface area contributed by atoms with E-state index in [1.807, 2.05) is 19.1 Å². The predicted molar refractivity (Wildman–Crippen MR) is 99.4 cm³/mol. The number of aromatic nitrogens is 2. The molecule has 2 atom stereocenters. The number of anilines is 1. The molecular weight excluding hydrogens is 346 g/mol. The van der Waals surface area contributed by atoms with Gasteiger partial charge in [0, 0.05) is 37.8 Å². The molecule has 2 saturated heterocycles. The van der Waals surface area contributed by atoms with Crippen LogP contribution in [-0.4, -0.2) is 72.3 Å². The highest BCUT2D eigenvalue weighted by atomic mass is 16.5. The number of ether oxygens (including phenoxy) is 2. The number of hydrogen-bond acceptors (Lipinski definition) is 8. The van der Waals surface area contributed by atoms with Crippen molar-refractivity contribution in [3.05, 3.63) is 30.2 Å². The number of fused-ring (bicyclic) bond motifs is 1. The Bertz CT molecular complexity index is 864. The van der Waals surface area contributed by atoms with Gasteiger partial charge in [-0.05, 0) is 19.1 Å². The Morgan fingerprint density at radius 2 is 2.26 bits per heavy atom. The molecule has 4 rings (SSSR count). The van der Waals surface area contributed by atoms with Crippen molar-refractivity contribution in [3.63, 3.8) is 0 Å². The molecule has 8 nitrogen and oxygen atoms in total. The topological polar surface area (TPSA) is 104 Å². The number of pyridine rings is 2. The summed E-state index contributed by atoms with van der Waals surface area (Å²) in [5, 5.41) is 23.6. The highest BCUT2D eigenvalue weighted by molar-refractivity contribution is 5.93. The van der Waals surface area contributed by atoms with Gasteiger partial charge < -0.3 is 24.8 Å². The van der Waals surface area contributed by atoms with Crippen molar-refractivity contribution < 1.29 is 14.6 Å². The first kappa shape index (κ1) is 18.1. The second-order valence-electron chi connectivity index (χ2n) is 7.33. The van der Waals surface area contributed by atoms with E-state index in [-0.39, 0.29) is 12.2 Å². The summed E-state index contributed by atoms with van der Waals surface area (Å²) in [6.45, 7) is 5.38. The quantitative estimate of drug-likeness (QED) is 0.783. The largest absolute Gasteiger partial charge is 0.384 e. The molecule has 27 heavy (non-hydrogen) atoms. The van der Waals surface area contributed by atoms with Gasteiger partial charge in [-0.15, -0.1) is 0 Å². The molecule has 0 aromatic carbocycles. The van der Waals surface area contributed by atoms with Crippen molar-refractivity contribution >= 4 is 16.6 Å². The first-order valence-electron chi connectivity index (χ1n) is 9.13. The van der Waals surface area contributed by atoms with Gasteiger partial charge in [-0.1, -0.05) is 0 Å². The lowest BCUT2D eigenvalue weighted by Crippen LogP contribution is -2.58. The molecule has 0 spiro atoms. The van der Waals surface area contributed by atoms with E-state index in [1.54, 1.807) is 12.4 Å². The lowest BCUT2D eigenvalue weighted by Gasteiger charge is -2.40. The van der Waals surface area contributed by atoms with E-state index in [4.69, 9.17) is 9.47 Å². The van der Waals surface area contributed by atoms with Crippen molar-refractivity contribution in [1.29, 1.82) is 5.26 Å². The molecule has 2 N–H and O–H groups in total. The first-order valence-corrected chi connectivity index (χ1v) is 9.13. The van der Waals surface area contributed by atoms with Gasteiger partial charge in [-0.25, -0.2) is 4.98 Å². The zero-order valence-electron chi connectivity index (χ0n) is 15.3. The number of hydrogen-bond donors (Lipinski definition) is 2. The third-order valence-electron chi connectivity index (χ3n) is 4.96. The van der Waals surface area contributed by atoms with E-state index < -0.39 is 5.60 Å². The highest BCUT2D eigenvalue weighted by Gasteiger charge is 2.36. The fraction of sp³-hybridized carbons (Fsp3) is 0.526. The van der Waals surface area contributed by atoms with E-state index in [2.05, 4.69) is 26.3 Å². The lowest BCUT2D eigenvalue weighted by molar-refractivity contribution is -0.175. The Balaban J connectivity index is 1.50. The Labute approximate surface area is 157 Å². The molecule has 0 radical (unpaired) electrons. The molecule has 0 saturated carbocycles. The normalized spacial score (nSPS) is 24.4. The van der Waals surface area contributed by atoms with Crippen molar-refractivity contribution in [2.75, 3.05) is 44.3 Å². The van der Waals surface area contributed by atoms with Crippen LogP contribution in [0.3, 0.4) is 0 Å². The van der Waals surface area contributed by atoms with Gasteiger partial charge in [0.15, 0.2) is 5.69 Å². The minimum atomic E-state index is -0.751. The fourth-order valence-corrected chi connectivity index (χ4v) is 3.65. The third kappa shape index (κ3) is 3.73. The lowest BCUT2D eigenvalue weighted by atomic mass is 10.0. The molecule has 0 aliphatic carbocycles. The van der Waals surface area contributed by atoms with Crippen molar-refractivity contribution in [1.82, 2.24) is 15.3 Å². The van der Waals surface area contributed by atoms with Gasteiger partial charge in [-0.3, -0.25) is 4.98 Å². The average molecular weight is 369 g/mol. The fourth-order valence-electron chi connectivity index (χ4n) is 3.65. The predicted octanol–water partition coefficient (Wildman–Crippen LogP) is 0.446. The first-order chi connectivity index (χ1) is 13.1. The van der Waals surface area contributed by atoms with Gasteiger partial charge >= 0.3 is 0 Å². The molecule has 2 fully saturated rings. The van der Waals surface area contributed by atoms with E-state index in [1.165, 1.54) is 0 Å². The molecule has 2 aliphatic rings. The molecule has 0 unspecified atom stereocenters. The molecule has 0 amide bonds. The molecule has 142 valence electrons. The molecule has 8 heteroatoms. The number of nitriles is 1.